The molecule has 0 bridgehead atoms. The molecule has 188 valence electrons. The average Bonchev–Trinajstić information content (AvgIpc) is 2.82. The fraction of sp³-hybridized carbons (Fsp3) is 0.192. The Morgan fingerprint density at radius 3 is 2.22 bits per heavy atom. The number of halogens is 4. The lowest BCUT2D eigenvalue weighted by Gasteiger charge is -2.23. The highest BCUT2D eigenvalue weighted by Crippen LogP contribution is 2.32. The summed E-state index contributed by atoms with van der Waals surface area (Å²) in [6.45, 7) is 2.98. The van der Waals surface area contributed by atoms with Crippen molar-refractivity contribution in [2.24, 2.45) is 0 Å². The van der Waals surface area contributed by atoms with E-state index in [-0.39, 0.29) is 12.1 Å². The standard InChI is InChI=1S/C26H22F4N2O3S/c1-16-6-7-17(2)24-23(16)12-19(25(33)31-24)15-32(14-18-8-10-21(27)11-9-18)36(34,35)22-5-3-4-20(13-22)26(28,29)30/h3-13H,14-15H2,1-2H3,(H,31,33). The van der Waals surface area contributed by atoms with E-state index in [2.05, 4.69) is 4.98 Å². The number of aromatic nitrogens is 1. The Morgan fingerprint density at radius 2 is 1.56 bits per heavy atom. The molecule has 4 rings (SSSR count). The topological polar surface area (TPSA) is 70.2 Å². The SMILES string of the molecule is Cc1ccc(C)c2[nH]c(=O)c(CN(Cc3ccc(F)cc3)S(=O)(=O)c3cccc(C(F)(F)F)c3)cc12. The zero-order chi connectivity index (χ0) is 26.3. The van der Waals surface area contributed by atoms with Crippen LogP contribution in [0, 0.1) is 19.7 Å². The zero-order valence-electron chi connectivity index (χ0n) is 19.4. The van der Waals surface area contributed by atoms with Crippen LogP contribution in [-0.4, -0.2) is 17.7 Å². The Hall–Kier alpha value is -3.50. The fourth-order valence-corrected chi connectivity index (χ4v) is 5.38. The number of nitrogens with zero attached hydrogens (tertiary/aromatic N) is 1. The number of sulfonamides is 1. The first-order chi connectivity index (χ1) is 16.9. The van der Waals surface area contributed by atoms with Gasteiger partial charge in [0.1, 0.15) is 5.82 Å². The van der Waals surface area contributed by atoms with Crippen LogP contribution < -0.4 is 5.56 Å². The minimum Gasteiger partial charge on any atom is -0.321 e. The van der Waals surface area contributed by atoms with Gasteiger partial charge < -0.3 is 4.98 Å². The van der Waals surface area contributed by atoms with Gasteiger partial charge in [-0.1, -0.05) is 30.3 Å². The number of nitrogens with one attached hydrogen (secondary N) is 1. The smallest absolute Gasteiger partial charge is 0.321 e. The van der Waals surface area contributed by atoms with Gasteiger partial charge >= 0.3 is 6.18 Å². The molecule has 10 heteroatoms. The Labute approximate surface area is 205 Å². The van der Waals surface area contributed by atoms with Crippen molar-refractivity contribution < 1.29 is 26.0 Å². The lowest BCUT2D eigenvalue weighted by atomic mass is 10.0. The number of fused-ring (bicyclic) bond motifs is 1. The molecular weight excluding hydrogens is 496 g/mol. The summed E-state index contributed by atoms with van der Waals surface area (Å²) in [6, 6.07) is 13.8. The van der Waals surface area contributed by atoms with Gasteiger partial charge in [-0.05, 0) is 66.9 Å². The van der Waals surface area contributed by atoms with Gasteiger partial charge in [0.05, 0.1) is 16.0 Å². The molecule has 0 saturated heterocycles. The van der Waals surface area contributed by atoms with Gasteiger partial charge in [0.25, 0.3) is 5.56 Å². The van der Waals surface area contributed by atoms with Crippen LogP contribution in [0.1, 0.15) is 27.8 Å². The van der Waals surface area contributed by atoms with Crippen LogP contribution in [0.3, 0.4) is 0 Å². The maximum Gasteiger partial charge on any atom is 0.416 e. The third kappa shape index (κ3) is 5.19. The third-order valence-electron chi connectivity index (χ3n) is 5.94. The van der Waals surface area contributed by atoms with E-state index in [1.54, 1.807) is 6.07 Å². The quantitative estimate of drug-likeness (QED) is 0.333. The summed E-state index contributed by atoms with van der Waals surface area (Å²) in [5, 5.41) is 0.725. The van der Waals surface area contributed by atoms with E-state index in [9.17, 15) is 30.8 Å². The van der Waals surface area contributed by atoms with Gasteiger partial charge in [-0.2, -0.15) is 17.5 Å². The van der Waals surface area contributed by atoms with E-state index >= 15 is 0 Å². The van der Waals surface area contributed by atoms with Gasteiger partial charge in [-0.3, -0.25) is 4.79 Å². The van der Waals surface area contributed by atoms with Crippen LogP contribution in [0.15, 0.2) is 76.4 Å². The van der Waals surface area contributed by atoms with Crippen molar-refractivity contribution in [2.75, 3.05) is 0 Å². The number of pyridine rings is 1. The normalized spacial score (nSPS) is 12.4. The molecule has 0 unspecified atom stereocenters. The van der Waals surface area contributed by atoms with Crippen LogP contribution in [-0.2, 0) is 29.3 Å². The summed E-state index contributed by atoms with van der Waals surface area (Å²) < 4.78 is 81.3. The van der Waals surface area contributed by atoms with Crippen molar-refractivity contribution in [3.8, 4) is 0 Å². The molecule has 0 saturated carbocycles. The van der Waals surface area contributed by atoms with Gasteiger partial charge in [0.2, 0.25) is 10.0 Å². The number of alkyl halides is 3. The molecule has 1 N–H and O–H groups in total. The lowest BCUT2D eigenvalue weighted by Crippen LogP contribution is -2.32. The van der Waals surface area contributed by atoms with Crippen molar-refractivity contribution in [1.82, 2.24) is 9.29 Å². The molecular formula is C26H22F4N2O3S. The zero-order valence-corrected chi connectivity index (χ0v) is 20.2. The summed E-state index contributed by atoms with van der Waals surface area (Å²) in [4.78, 5) is 15.1. The highest BCUT2D eigenvalue weighted by molar-refractivity contribution is 7.89. The second-order valence-corrected chi connectivity index (χ2v) is 10.5. The number of aromatic amines is 1. The molecule has 0 fully saturated rings. The van der Waals surface area contributed by atoms with Crippen LogP contribution in [0.4, 0.5) is 17.6 Å². The Morgan fingerprint density at radius 1 is 0.889 bits per heavy atom. The Kier molecular flexibility index (Phi) is 6.76. The molecule has 1 aromatic heterocycles. The van der Waals surface area contributed by atoms with Crippen LogP contribution >= 0.6 is 0 Å². The highest BCUT2D eigenvalue weighted by atomic mass is 32.2. The molecule has 0 aliphatic heterocycles. The van der Waals surface area contributed by atoms with Crippen LogP contribution in [0.5, 0.6) is 0 Å². The van der Waals surface area contributed by atoms with E-state index in [1.165, 1.54) is 12.1 Å². The predicted molar refractivity (Wildman–Crippen MR) is 128 cm³/mol. The second-order valence-electron chi connectivity index (χ2n) is 8.54. The van der Waals surface area contributed by atoms with Crippen LogP contribution in [0.2, 0.25) is 0 Å². The summed E-state index contributed by atoms with van der Waals surface area (Å²) in [5.74, 6) is -0.525. The number of benzene rings is 3. The van der Waals surface area contributed by atoms with Crippen LogP contribution in [0.25, 0.3) is 10.9 Å². The van der Waals surface area contributed by atoms with Crippen molar-refractivity contribution in [3.63, 3.8) is 0 Å². The molecule has 5 nitrogen and oxygen atoms in total. The molecule has 0 aliphatic rings. The Bertz CT molecular complexity index is 1590. The molecule has 0 spiro atoms. The molecule has 3 aromatic carbocycles. The molecule has 1 heterocycles. The maximum absolute atomic E-state index is 13.6. The maximum atomic E-state index is 13.6. The van der Waals surface area contributed by atoms with Gasteiger partial charge in [-0.25, -0.2) is 12.8 Å². The Balaban J connectivity index is 1.82. The minimum atomic E-state index is -4.74. The molecule has 0 amide bonds. The number of aryl methyl sites for hydroxylation is 2. The van der Waals surface area contributed by atoms with Gasteiger partial charge in [0.15, 0.2) is 0 Å². The molecule has 0 atom stereocenters. The highest BCUT2D eigenvalue weighted by Gasteiger charge is 2.33. The molecule has 0 radical (unpaired) electrons. The average molecular weight is 519 g/mol. The van der Waals surface area contributed by atoms with Crippen molar-refractivity contribution in [3.05, 3.63) is 111 Å². The predicted octanol–water partition coefficient (Wildman–Crippen LogP) is 5.69. The van der Waals surface area contributed by atoms with E-state index in [0.717, 1.165) is 51.2 Å². The van der Waals surface area contributed by atoms with E-state index in [4.69, 9.17) is 0 Å². The monoisotopic (exact) mass is 518 g/mol. The van der Waals surface area contributed by atoms with Gasteiger partial charge in [0, 0.05) is 24.0 Å². The first-order valence-corrected chi connectivity index (χ1v) is 12.3. The first kappa shape index (κ1) is 25.6. The minimum absolute atomic E-state index is 0.119. The number of hydrogen-bond acceptors (Lipinski definition) is 3. The summed E-state index contributed by atoms with van der Waals surface area (Å²) >= 11 is 0. The third-order valence-corrected chi connectivity index (χ3v) is 7.73. The molecule has 0 aliphatic carbocycles. The van der Waals surface area contributed by atoms with E-state index < -0.39 is 44.6 Å². The summed E-state index contributed by atoms with van der Waals surface area (Å²) in [7, 11) is -4.49. The second kappa shape index (κ2) is 9.51. The number of hydrogen-bond donors (Lipinski definition) is 1. The first-order valence-electron chi connectivity index (χ1n) is 10.9. The number of H-pyrrole nitrogens is 1. The summed E-state index contributed by atoms with van der Waals surface area (Å²) in [5.41, 5.74) is 1.21. The van der Waals surface area contributed by atoms with Crippen molar-refractivity contribution in [2.45, 2.75) is 38.0 Å². The molecule has 4 aromatic rings. The van der Waals surface area contributed by atoms with Crippen molar-refractivity contribution in [1.29, 1.82) is 0 Å². The fourth-order valence-electron chi connectivity index (χ4n) is 3.93. The molecule has 36 heavy (non-hydrogen) atoms. The van der Waals surface area contributed by atoms with Crippen molar-refractivity contribution >= 4 is 20.9 Å². The summed E-state index contributed by atoms with van der Waals surface area (Å²) in [6.07, 6.45) is -4.74. The van der Waals surface area contributed by atoms with Gasteiger partial charge in [-0.15, -0.1) is 0 Å². The largest absolute Gasteiger partial charge is 0.416 e. The lowest BCUT2D eigenvalue weighted by molar-refractivity contribution is -0.137. The van der Waals surface area contributed by atoms with E-state index in [1.807, 2.05) is 26.0 Å². The van der Waals surface area contributed by atoms with E-state index in [0.29, 0.717) is 17.1 Å². The number of rotatable bonds is 6.